The number of carbonyl (C=O) groups is 1. The van der Waals surface area contributed by atoms with Crippen LogP contribution in [0.2, 0.25) is 0 Å². The Hall–Kier alpha value is -0.710. The first kappa shape index (κ1) is 11.3. The molecule has 1 N–H and O–H groups in total. The maximum atomic E-state index is 11.6. The number of hydrogen-bond acceptors (Lipinski definition) is 2. The highest BCUT2D eigenvalue weighted by atomic mass is 19.3. The van der Waals surface area contributed by atoms with E-state index < -0.39 is 24.6 Å². The number of alkyl halides is 2. The Morgan fingerprint density at radius 2 is 2.00 bits per heavy atom. The normalized spacial score (nSPS) is 16.1. The van der Waals surface area contributed by atoms with E-state index in [1.54, 1.807) is 0 Å². The third-order valence-electron chi connectivity index (χ3n) is 1.44. The highest BCUT2D eigenvalue weighted by Crippen LogP contribution is 2.11. The van der Waals surface area contributed by atoms with Crippen molar-refractivity contribution in [3.8, 4) is 0 Å². The van der Waals surface area contributed by atoms with Crippen molar-refractivity contribution in [2.45, 2.75) is 33.0 Å². The quantitative estimate of drug-likeness (QED) is 0.704. The maximum Gasteiger partial charge on any atom is 0.345 e. The minimum Gasteiger partial charge on any atom is -0.481 e. The highest BCUT2D eigenvalue weighted by Gasteiger charge is 2.17. The van der Waals surface area contributed by atoms with E-state index in [4.69, 9.17) is 5.11 Å². The van der Waals surface area contributed by atoms with Gasteiger partial charge in [0.25, 0.3) is 0 Å². The minimum atomic E-state index is -2.83. The first-order valence-electron chi connectivity index (χ1n) is 3.60. The molecule has 2 atom stereocenters. The average Bonchev–Trinajstić information content (AvgIpc) is 1.84. The lowest BCUT2D eigenvalue weighted by Crippen LogP contribution is -2.20. The molecule has 0 heterocycles. The smallest absolute Gasteiger partial charge is 0.345 e. The van der Waals surface area contributed by atoms with Crippen LogP contribution < -0.4 is 0 Å². The zero-order valence-corrected chi connectivity index (χ0v) is 6.96. The van der Waals surface area contributed by atoms with Crippen molar-refractivity contribution in [1.29, 1.82) is 0 Å². The lowest BCUT2D eigenvalue weighted by molar-refractivity contribution is -0.166. The molecule has 0 aliphatic carbocycles. The largest absolute Gasteiger partial charge is 0.481 e. The third kappa shape index (κ3) is 5.01. The highest BCUT2D eigenvalue weighted by molar-refractivity contribution is 5.69. The summed E-state index contributed by atoms with van der Waals surface area (Å²) in [6.07, 6.45) is -0.629. The minimum absolute atomic E-state index is 0.0969. The van der Waals surface area contributed by atoms with E-state index in [1.165, 1.54) is 13.8 Å². The van der Waals surface area contributed by atoms with Gasteiger partial charge in [0.2, 0.25) is 0 Å². The van der Waals surface area contributed by atoms with Crippen molar-refractivity contribution in [2.75, 3.05) is 0 Å². The number of aliphatic carboxylic acids is 1. The molecule has 3 nitrogen and oxygen atoms in total. The SMILES string of the molecule is CC(CC(C)C(=O)O)OC(F)F. The van der Waals surface area contributed by atoms with E-state index in [9.17, 15) is 13.6 Å². The Bertz CT molecular complexity index is 150. The molecule has 0 saturated carbocycles. The van der Waals surface area contributed by atoms with Gasteiger partial charge in [-0.1, -0.05) is 6.92 Å². The molecule has 0 saturated heterocycles. The Morgan fingerprint density at radius 3 is 2.33 bits per heavy atom. The molecule has 0 radical (unpaired) electrons. The summed E-state index contributed by atoms with van der Waals surface area (Å²) in [7, 11) is 0. The molecule has 0 aliphatic rings. The molecular weight excluding hydrogens is 170 g/mol. The monoisotopic (exact) mass is 182 g/mol. The third-order valence-corrected chi connectivity index (χ3v) is 1.44. The summed E-state index contributed by atoms with van der Waals surface area (Å²) < 4.78 is 27.2. The van der Waals surface area contributed by atoms with Crippen LogP contribution in [-0.2, 0) is 9.53 Å². The van der Waals surface area contributed by atoms with Gasteiger partial charge in [-0.05, 0) is 13.3 Å². The zero-order chi connectivity index (χ0) is 9.72. The Balaban J connectivity index is 3.68. The van der Waals surface area contributed by atoms with Crippen LogP contribution in [0, 0.1) is 5.92 Å². The van der Waals surface area contributed by atoms with E-state index in [1.807, 2.05) is 0 Å². The second-order valence-electron chi connectivity index (χ2n) is 2.68. The summed E-state index contributed by atoms with van der Waals surface area (Å²) in [5.41, 5.74) is 0. The average molecular weight is 182 g/mol. The van der Waals surface area contributed by atoms with Crippen molar-refractivity contribution >= 4 is 5.97 Å². The van der Waals surface area contributed by atoms with Crippen molar-refractivity contribution in [3.63, 3.8) is 0 Å². The summed E-state index contributed by atoms with van der Waals surface area (Å²) in [5, 5.41) is 8.42. The van der Waals surface area contributed by atoms with Crippen molar-refractivity contribution in [3.05, 3.63) is 0 Å². The van der Waals surface area contributed by atoms with Crippen LogP contribution in [0.1, 0.15) is 20.3 Å². The summed E-state index contributed by atoms with van der Waals surface area (Å²) in [6, 6.07) is 0. The van der Waals surface area contributed by atoms with Gasteiger partial charge in [0.05, 0.1) is 12.0 Å². The summed E-state index contributed by atoms with van der Waals surface area (Å²) >= 11 is 0. The van der Waals surface area contributed by atoms with Crippen LogP contribution in [0.3, 0.4) is 0 Å². The van der Waals surface area contributed by atoms with Crippen LogP contribution in [0.4, 0.5) is 8.78 Å². The van der Waals surface area contributed by atoms with Crippen LogP contribution in [0.15, 0.2) is 0 Å². The molecule has 0 amide bonds. The summed E-state index contributed by atoms with van der Waals surface area (Å²) in [6.45, 7) is 0.0419. The van der Waals surface area contributed by atoms with Crippen molar-refractivity contribution < 1.29 is 23.4 Å². The lowest BCUT2D eigenvalue weighted by atomic mass is 10.1. The second-order valence-corrected chi connectivity index (χ2v) is 2.68. The number of carboxylic acids is 1. The molecule has 0 bridgehead atoms. The van der Waals surface area contributed by atoms with Gasteiger partial charge in [0.15, 0.2) is 0 Å². The van der Waals surface area contributed by atoms with E-state index in [2.05, 4.69) is 4.74 Å². The van der Waals surface area contributed by atoms with E-state index in [0.717, 1.165) is 0 Å². The molecule has 0 aliphatic heterocycles. The first-order chi connectivity index (χ1) is 5.43. The maximum absolute atomic E-state index is 11.6. The van der Waals surface area contributed by atoms with Gasteiger partial charge in [0.1, 0.15) is 0 Å². The predicted molar refractivity (Wildman–Crippen MR) is 38.0 cm³/mol. The van der Waals surface area contributed by atoms with Gasteiger partial charge in [-0.25, -0.2) is 0 Å². The van der Waals surface area contributed by atoms with E-state index in [0.29, 0.717) is 0 Å². The van der Waals surface area contributed by atoms with Crippen molar-refractivity contribution in [1.82, 2.24) is 0 Å². The molecule has 5 heteroatoms. The Morgan fingerprint density at radius 1 is 1.50 bits per heavy atom. The molecule has 2 unspecified atom stereocenters. The first-order valence-corrected chi connectivity index (χ1v) is 3.60. The number of halogens is 2. The van der Waals surface area contributed by atoms with Crippen LogP contribution in [0.25, 0.3) is 0 Å². The standard InChI is InChI=1S/C7H12F2O3/c1-4(6(10)11)3-5(2)12-7(8)9/h4-5,7H,3H2,1-2H3,(H,10,11). The number of rotatable bonds is 5. The number of hydrogen-bond donors (Lipinski definition) is 1. The van der Waals surface area contributed by atoms with Crippen LogP contribution in [0.5, 0.6) is 0 Å². The van der Waals surface area contributed by atoms with Gasteiger partial charge in [-0.15, -0.1) is 0 Å². The molecule has 12 heavy (non-hydrogen) atoms. The van der Waals surface area contributed by atoms with Crippen molar-refractivity contribution in [2.24, 2.45) is 5.92 Å². The van der Waals surface area contributed by atoms with Crippen LogP contribution >= 0.6 is 0 Å². The number of carboxylic acid groups (broad SMARTS) is 1. The van der Waals surface area contributed by atoms with Gasteiger partial charge in [-0.2, -0.15) is 8.78 Å². The molecular formula is C7H12F2O3. The van der Waals surface area contributed by atoms with Gasteiger partial charge >= 0.3 is 12.6 Å². The van der Waals surface area contributed by atoms with Gasteiger partial charge in [0, 0.05) is 0 Å². The Kier molecular flexibility index (Phi) is 4.73. The lowest BCUT2D eigenvalue weighted by Gasteiger charge is -2.14. The molecule has 0 spiro atoms. The zero-order valence-electron chi connectivity index (χ0n) is 6.96. The molecule has 72 valence electrons. The fourth-order valence-electron chi connectivity index (χ4n) is 0.830. The van der Waals surface area contributed by atoms with E-state index >= 15 is 0 Å². The Labute approximate surface area is 69.3 Å². The summed E-state index contributed by atoms with van der Waals surface area (Å²) in [4.78, 5) is 10.3. The van der Waals surface area contributed by atoms with Gasteiger partial charge < -0.3 is 9.84 Å². The molecule has 0 aromatic rings. The number of ether oxygens (including phenoxy) is 1. The predicted octanol–water partition coefficient (Wildman–Crippen LogP) is 1.72. The fraction of sp³-hybridized carbons (Fsp3) is 0.857. The van der Waals surface area contributed by atoms with E-state index in [-0.39, 0.29) is 6.42 Å². The van der Waals surface area contributed by atoms with Crippen LogP contribution in [-0.4, -0.2) is 23.8 Å². The molecule has 0 aromatic heterocycles. The molecule has 0 rings (SSSR count). The fourth-order valence-corrected chi connectivity index (χ4v) is 0.830. The van der Waals surface area contributed by atoms with Gasteiger partial charge in [-0.3, -0.25) is 4.79 Å². The second kappa shape index (κ2) is 5.03. The molecule has 0 aromatic carbocycles. The summed E-state index contributed by atoms with van der Waals surface area (Å²) in [5.74, 6) is -1.65. The topological polar surface area (TPSA) is 46.5 Å². The molecule has 0 fully saturated rings.